The van der Waals surface area contributed by atoms with E-state index in [-0.39, 0.29) is 23.9 Å². The molecule has 1 aromatic heterocycles. The molecule has 5 nitrogen and oxygen atoms in total. The maximum absolute atomic E-state index is 12.9. The standard InChI is InChI=1S/C18H22F3N3O2S/c1-12-4-7-16(13(2)10-12)27(25,26)22-8-3-9-24-15(14-5-6-14)11-17(23-24)18(19,20)21/h4,7,10-11,14,22H,3,5-6,8-9H2,1-2H3. The number of sulfonamides is 1. The molecule has 1 aromatic carbocycles. The first-order chi connectivity index (χ1) is 12.6. The summed E-state index contributed by atoms with van der Waals surface area (Å²) in [6.07, 6.45) is -2.40. The highest BCUT2D eigenvalue weighted by Gasteiger charge is 2.37. The molecule has 27 heavy (non-hydrogen) atoms. The molecule has 0 unspecified atom stereocenters. The van der Waals surface area contributed by atoms with Gasteiger partial charge in [-0.1, -0.05) is 17.7 Å². The molecule has 1 aliphatic carbocycles. The number of hydrogen-bond donors (Lipinski definition) is 1. The smallest absolute Gasteiger partial charge is 0.269 e. The fourth-order valence-corrected chi connectivity index (χ4v) is 4.37. The molecule has 0 atom stereocenters. The number of hydrogen-bond acceptors (Lipinski definition) is 3. The summed E-state index contributed by atoms with van der Waals surface area (Å²) in [7, 11) is -3.65. The Morgan fingerprint density at radius 2 is 1.93 bits per heavy atom. The highest BCUT2D eigenvalue weighted by atomic mass is 32.2. The first-order valence-corrected chi connectivity index (χ1v) is 10.3. The van der Waals surface area contributed by atoms with Gasteiger partial charge in [-0.2, -0.15) is 18.3 Å². The predicted molar refractivity (Wildman–Crippen MR) is 94.9 cm³/mol. The average molecular weight is 401 g/mol. The van der Waals surface area contributed by atoms with E-state index in [2.05, 4.69) is 9.82 Å². The highest BCUT2D eigenvalue weighted by molar-refractivity contribution is 7.89. The van der Waals surface area contributed by atoms with Crippen LogP contribution in [-0.4, -0.2) is 24.7 Å². The second-order valence-electron chi connectivity index (χ2n) is 6.97. The number of halogens is 3. The zero-order valence-electron chi connectivity index (χ0n) is 15.2. The van der Waals surface area contributed by atoms with Gasteiger partial charge in [0.25, 0.3) is 0 Å². The van der Waals surface area contributed by atoms with E-state index in [1.165, 1.54) is 4.68 Å². The molecule has 0 radical (unpaired) electrons. The Labute approximate surface area is 156 Å². The molecule has 1 heterocycles. The minimum absolute atomic E-state index is 0.125. The quantitative estimate of drug-likeness (QED) is 0.719. The SMILES string of the molecule is Cc1ccc(S(=O)(=O)NCCCn2nc(C(F)(F)F)cc2C2CC2)c(C)c1. The molecule has 1 fully saturated rings. The topological polar surface area (TPSA) is 64.0 Å². The van der Waals surface area contributed by atoms with Gasteiger partial charge in [0.1, 0.15) is 0 Å². The van der Waals surface area contributed by atoms with Crippen LogP contribution in [0, 0.1) is 13.8 Å². The number of rotatable bonds is 7. The van der Waals surface area contributed by atoms with Crippen LogP contribution in [0.3, 0.4) is 0 Å². The molecule has 9 heteroatoms. The Hall–Kier alpha value is -1.87. The van der Waals surface area contributed by atoms with Crippen LogP contribution in [0.15, 0.2) is 29.2 Å². The van der Waals surface area contributed by atoms with Crippen LogP contribution in [0.25, 0.3) is 0 Å². The Morgan fingerprint density at radius 3 is 2.52 bits per heavy atom. The molecule has 0 aliphatic heterocycles. The third-order valence-corrected chi connectivity index (χ3v) is 6.18. The van der Waals surface area contributed by atoms with Crippen LogP contribution >= 0.6 is 0 Å². The van der Waals surface area contributed by atoms with Crippen molar-refractivity contribution in [3.8, 4) is 0 Å². The largest absolute Gasteiger partial charge is 0.435 e. The Bertz CT molecular complexity index is 932. The van der Waals surface area contributed by atoms with Gasteiger partial charge < -0.3 is 0 Å². The second-order valence-corrected chi connectivity index (χ2v) is 8.71. The summed E-state index contributed by atoms with van der Waals surface area (Å²) in [4.78, 5) is 0.213. The lowest BCUT2D eigenvalue weighted by molar-refractivity contribution is -0.141. The summed E-state index contributed by atoms with van der Waals surface area (Å²) in [6.45, 7) is 3.97. The summed E-state index contributed by atoms with van der Waals surface area (Å²) >= 11 is 0. The molecule has 0 saturated heterocycles. The maximum Gasteiger partial charge on any atom is 0.435 e. The van der Waals surface area contributed by atoms with Crippen LogP contribution in [0.5, 0.6) is 0 Å². The summed E-state index contributed by atoms with van der Waals surface area (Å²) in [5, 5.41) is 3.67. The molecule has 3 rings (SSSR count). The molecule has 1 aliphatic rings. The maximum atomic E-state index is 12.9. The molecular formula is C18H22F3N3O2S. The van der Waals surface area contributed by atoms with Gasteiger partial charge in [0.2, 0.25) is 10.0 Å². The van der Waals surface area contributed by atoms with E-state index in [1.807, 2.05) is 6.92 Å². The van der Waals surface area contributed by atoms with Crippen molar-refractivity contribution in [3.05, 3.63) is 46.8 Å². The molecule has 1 N–H and O–H groups in total. The Morgan fingerprint density at radius 1 is 1.22 bits per heavy atom. The van der Waals surface area contributed by atoms with E-state index in [1.54, 1.807) is 25.1 Å². The van der Waals surface area contributed by atoms with Crippen molar-refractivity contribution < 1.29 is 21.6 Å². The first kappa shape index (κ1) is 19.9. The van der Waals surface area contributed by atoms with Gasteiger partial charge in [-0.15, -0.1) is 0 Å². The van der Waals surface area contributed by atoms with E-state index in [0.717, 1.165) is 24.5 Å². The first-order valence-electron chi connectivity index (χ1n) is 8.80. The summed E-state index contributed by atoms with van der Waals surface area (Å²) < 4.78 is 67.4. The zero-order valence-corrected chi connectivity index (χ0v) is 16.0. The number of nitrogens with one attached hydrogen (secondary N) is 1. The Kier molecular flexibility index (Phi) is 5.36. The van der Waals surface area contributed by atoms with E-state index < -0.39 is 21.9 Å². The second kappa shape index (κ2) is 7.27. The lowest BCUT2D eigenvalue weighted by Crippen LogP contribution is -2.26. The molecular weight excluding hydrogens is 379 g/mol. The van der Waals surface area contributed by atoms with Crippen LogP contribution in [0.2, 0.25) is 0 Å². The van der Waals surface area contributed by atoms with Gasteiger partial charge >= 0.3 is 6.18 Å². The molecule has 1 saturated carbocycles. The zero-order chi connectivity index (χ0) is 19.8. The van der Waals surface area contributed by atoms with Crippen LogP contribution in [-0.2, 0) is 22.7 Å². The number of aromatic nitrogens is 2. The van der Waals surface area contributed by atoms with Crippen molar-refractivity contribution in [2.24, 2.45) is 0 Å². The normalized spacial score (nSPS) is 15.3. The molecule has 0 bridgehead atoms. The fourth-order valence-electron chi connectivity index (χ4n) is 3.07. The van der Waals surface area contributed by atoms with Gasteiger partial charge in [0, 0.05) is 24.7 Å². The van der Waals surface area contributed by atoms with Crippen LogP contribution < -0.4 is 4.72 Å². The monoisotopic (exact) mass is 401 g/mol. The van der Waals surface area contributed by atoms with E-state index >= 15 is 0 Å². The molecule has 2 aromatic rings. The van der Waals surface area contributed by atoms with Gasteiger partial charge in [-0.3, -0.25) is 4.68 Å². The average Bonchev–Trinajstić information content (AvgIpc) is 3.29. The van der Waals surface area contributed by atoms with E-state index in [0.29, 0.717) is 17.7 Å². The van der Waals surface area contributed by atoms with Gasteiger partial charge in [-0.25, -0.2) is 13.1 Å². The Balaban J connectivity index is 1.62. The minimum Gasteiger partial charge on any atom is -0.269 e. The predicted octanol–water partition coefficient (Wildman–Crippen LogP) is 3.76. The number of benzene rings is 1. The van der Waals surface area contributed by atoms with E-state index in [9.17, 15) is 21.6 Å². The van der Waals surface area contributed by atoms with Crippen molar-refractivity contribution in [3.63, 3.8) is 0 Å². The third-order valence-electron chi connectivity index (χ3n) is 4.56. The summed E-state index contributed by atoms with van der Waals surface area (Å²) in [5.74, 6) is 0.125. The molecule has 148 valence electrons. The summed E-state index contributed by atoms with van der Waals surface area (Å²) in [6, 6.07) is 6.18. The third kappa shape index (κ3) is 4.70. The van der Waals surface area contributed by atoms with Crippen LogP contribution in [0.4, 0.5) is 13.2 Å². The van der Waals surface area contributed by atoms with Crippen LogP contribution in [0.1, 0.15) is 47.7 Å². The minimum atomic E-state index is -4.47. The number of nitrogens with zero attached hydrogens (tertiary/aromatic N) is 2. The summed E-state index contributed by atoms with van der Waals surface area (Å²) in [5.41, 5.74) is 1.32. The lowest BCUT2D eigenvalue weighted by Gasteiger charge is -2.11. The van der Waals surface area contributed by atoms with Crippen molar-refractivity contribution in [2.75, 3.05) is 6.54 Å². The fraction of sp³-hybridized carbons (Fsp3) is 0.500. The molecule has 0 amide bonds. The van der Waals surface area contributed by atoms with Crippen molar-refractivity contribution in [2.45, 2.75) is 56.6 Å². The van der Waals surface area contributed by atoms with Gasteiger partial charge in [0.05, 0.1) is 4.90 Å². The van der Waals surface area contributed by atoms with Crippen molar-refractivity contribution in [1.82, 2.24) is 14.5 Å². The lowest BCUT2D eigenvalue weighted by atomic mass is 10.2. The molecule has 0 spiro atoms. The number of aryl methyl sites for hydroxylation is 3. The van der Waals surface area contributed by atoms with Gasteiger partial charge in [-0.05, 0) is 50.8 Å². The van der Waals surface area contributed by atoms with Crippen molar-refractivity contribution in [1.29, 1.82) is 0 Å². The van der Waals surface area contributed by atoms with Crippen molar-refractivity contribution >= 4 is 10.0 Å². The number of alkyl halides is 3. The van der Waals surface area contributed by atoms with E-state index in [4.69, 9.17) is 0 Å². The van der Waals surface area contributed by atoms with Gasteiger partial charge in [0.15, 0.2) is 5.69 Å². The highest BCUT2D eigenvalue weighted by Crippen LogP contribution is 2.42.